The zero-order chi connectivity index (χ0) is 15.1. The third kappa shape index (κ3) is 2.07. The molecular weight excluding hydrogens is 271 g/mol. The molecule has 110 valence electrons. The summed E-state index contributed by atoms with van der Waals surface area (Å²) in [7, 11) is 2.80. The molecule has 2 rings (SSSR count). The van der Waals surface area contributed by atoms with Crippen LogP contribution in [0, 0.1) is 6.92 Å². The summed E-state index contributed by atoms with van der Waals surface area (Å²) in [6.45, 7) is 4.30. The summed E-state index contributed by atoms with van der Waals surface area (Å²) < 4.78 is 46.2. The summed E-state index contributed by atoms with van der Waals surface area (Å²) >= 11 is 0. The zero-order valence-electron chi connectivity index (χ0n) is 11.7. The molecule has 0 atom stereocenters. The number of nitrogens with zero attached hydrogens (tertiary/aromatic N) is 2. The van der Waals surface area contributed by atoms with Crippen LogP contribution in [0.1, 0.15) is 18.3 Å². The zero-order valence-corrected chi connectivity index (χ0v) is 11.7. The molecule has 0 fully saturated rings. The van der Waals surface area contributed by atoms with Gasteiger partial charge in [-0.15, -0.1) is 0 Å². The van der Waals surface area contributed by atoms with Crippen LogP contribution in [0.15, 0.2) is 6.07 Å². The summed E-state index contributed by atoms with van der Waals surface area (Å²) in [5, 5.41) is 2.80. The van der Waals surface area contributed by atoms with Crippen LogP contribution >= 0.6 is 0 Å². The standard InChI is InChI=1S/C13H16F3N3O/c1-5-19-7(2)18-9-6-8(13(14,15)16)12(20-4)10(17-3)11(9)19/h6,17H,5H2,1-4H3. The Kier molecular flexibility index (Phi) is 3.54. The van der Waals surface area contributed by atoms with Crippen molar-refractivity contribution in [2.24, 2.45) is 0 Å². The van der Waals surface area contributed by atoms with Gasteiger partial charge in [0.1, 0.15) is 17.1 Å². The Morgan fingerprint density at radius 1 is 1.40 bits per heavy atom. The number of hydrogen-bond acceptors (Lipinski definition) is 3. The molecule has 0 aliphatic carbocycles. The Labute approximate surface area is 114 Å². The number of alkyl halides is 3. The topological polar surface area (TPSA) is 39.1 Å². The van der Waals surface area contributed by atoms with Gasteiger partial charge in [-0.3, -0.25) is 0 Å². The molecular formula is C13H16F3N3O. The fraction of sp³-hybridized carbons (Fsp3) is 0.462. The Bertz CT molecular complexity index is 647. The lowest BCUT2D eigenvalue weighted by atomic mass is 10.1. The van der Waals surface area contributed by atoms with E-state index in [0.29, 0.717) is 29.1 Å². The molecule has 0 radical (unpaired) electrons. The van der Waals surface area contributed by atoms with E-state index in [2.05, 4.69) is 10.3 Å². The van der Waals surface area contributed by atoms with Gasteiger partial charge in [-0.05, 0) is 19.9 Å². The van der Waals surface area contributed by atoms with Crippen LogP contribution < -0.4 is 10.1 Å². The minimum absolute atomic E-state index is 0.206. The van der Waals surface area contributed by atoms with Gasteiger partial charge >= 0.3 is 6.18 Å². The second kappa shape index (κ2) is 4.88. The maximum atomic E-state index is 13.1. The van der Waals surface area contributed by atoms with E-state index >= 15 is 0 Å². The SMILES string of the molecule is CCn1c(C)nc2cc(C(F)(F)F)c(OC)c(NC)c21. The molecule has 7 heteroatoms. The maximum absolute atomic E-state index is 13.1. The fourth-order valence-electron chi connectivity index (χ4n) is 2.44. The van der Waals surface area contributed by atoms with Crippen molar-refractivity contribution in [1.82, 2.24) is 9.55 Å². The highest BCUT2D eigenvalue weighted by molar-refractivity contribution is 5.94. The number of ether oxygens (including phenoxy) is 1. The molecule has 0 spiro atoms. The number of fused-ring (bicyclic) bond motifs is 1. The van der Waals surface area contributed by atoms with Gasteiger partial charge < -0.3 is 14.6 Å². The number of rotatable bonds is 3. The lowest BCUT2D eigenvalue weighted by Gasteiger charge is -2.17. The smallest absolute Gasteiger partial charge is 0.420 e. The van der Waals surface area contributed by atoms with Crippen molar-refractivity contribution in [3.63, 3.8) is 0 Å². The lowest BCUT2D eigenvalue weighted by molar-refractivity contribution is -0.138. The normalized spacial score (nSPS) is 11.9. The molecule has 0 aliphatic heterocycles. The van der Waals surface area contributed by atoms with E-state index in [1.807, 2.05) is 11.5 Å². The van der Waals surface area contributed by atoms with Crippen LogP contribution in [0.4, 0.5) is 18.9 Å². The number of benzene rings is 1. The third-order valence-electron chi connectivity index (χ3n) is 3.25. The molecule has 0 bridgehead atoms. The molecule has 0 amide bonds. The van der Waals surface area contributed by atoms with Crippen molar-refractivity contribution in [2.45, 2.75) is 26.6 Å². The minimum atomic E-state index is -4.49. The maximum Gasteiger partial charge on any atom is 0.420 e. The largest absolute Gasteiger partial charge is 0.494 e. The van der Waals surface area contributed by atoms with E-state index in [1.165, 1.54) is 7.11 Å². The van der Waals surface area contributed by atoms with Crippen molar-refractivity contribution in [2.75, 3.05) is 19.5 Å². The fourth-order valence-corrected chi connectivity index (χ4v) is 2.44. The number of aryl methyl sites for hydroxylation is 2. The molecule has 1 aromatic carbocycles. The first kappa shape index (κ1) is 14.5. The number of anilines is 1. The summed E-state index contributed by atoms with van der Waals surface area (Å²) in [5.74, 6) is 0.461. The molecule has 0 unspecified atom stereocenters. The lowest BCUT2D eigenvalue weighted by Crippen LogP contribution is -2.10. The highest BCUT2D eigenvalue weighted by Crippen LogP contribution is 2.44. The van der Waals surface area contributed by atoms with E-state index in [4.69, 9.17) is 4.74 Å². The van der Waals surface area contributed by atoms with E-state index in [1.54, 1.807) is 14.0 Å². The molecule has 2 aromatic rings. The van der Waals surface area contributed by atoms with Crippen LogP contribution in [0.25, 0.3) is 11.0 Å². The Hall–Kier alpha value is -1.92. The van der Waals surface area contributed by atoms with Crippen LogP contribution in [-0.2, 0) is 12.7 Å². The summed E-state index contributed by atoms with van der Waals surface area (Å²) in [6.07, 6.45) is -4.49. The average Bonchev–Trinajstić information content (AvgIpc) is 2.70. The van der Waals surface area contributed by atoms with Gasteiger partial charge in [-0.25, -0.2) is 4.98 Å². The highest BCUT2D eigenvalue weighted by Gasteiger charge is 2.37. The molecule has 0 saturated carbocycles. The number of aromatic nitrogens is 2. The molecule has 4 nitrogen and oxygen atoms in total. The van der Waals surface area contributed by atoms with Crippen LogP contribution in [0.3, 0.4) is 0 Å². The van der Waals surface area contributed by atoms with Gasteiger partial charge in [0.05, 0.1) is 18.1 Å². The minimum Gasteiger partial charge on any atom is -0.494 e. The van der Waals surface area contributed by atoms with E-state index in [9.17, 15) is 13.2 Å². The van der Waals surface area contributed by atoms with E-state index in [0.717, 1.165) is 6.07 Å². The predicted octanol–water partition coefficient (Wildman–Crippen LogP) is 3.43. The number of imidazole rings is 1. The van der Waals surface area contributed by atoms with Gasteiger partial charge in [0, 0.05) is 13.6 Å². The second-order valence-corrected chi connectivity index (χ2v) is 4.35. The first-order chi connectivity index (χ1) is 9.35. The first-order valence-corrected chi connectivity index (χ1v) is 6.17. The van der Waals surface area contributed by atoms with Crippen molar-refractivity contribution >= 4 is 16.7 Å². The molecule has 0 aliphatic rings. The van der Waals surface area contributed by atoms with Gasteiger partial charge in [0.15, 0.2) is 5.75 Å². The highest BCUT2D eigenvalue weighted by atomic mass is 19.4. The van der Waals surface area contributed by atoms with Crippen molar-refractivity contribution < 1.29 is 17.9 Å². The number of methoxy groups -OCH3 is 1. The Balaban J connectivity index is 2.94. The van der Waals surface area contributed by atoms with Gasteiger partial charge in [-0.2, -0.15) is 13.2 Å². The Morgan fingerprint density at radius 2 is 2.05 bits per heavy atom. The molecule has 0 saturated heterocycles. The summed E-state index contributed by atoms with van der Waals surface area (Å²) in [6, 6.07) is 1.04. The predicted molar refractivity (Wildman–Crippen MR) is 71.2 cm³/mol. The van der Waals surface area contributed by atoms with Crippen molar-refractivity contribution in [3.8, 4) is 5.75 Å². The quantitative estimate of drug-likeness (QED) is 0.940. The van der Waals surface area contributed by atoms with E-state index < -0.39 is 11.7 Å². The van der Waals surface area contributed by atoms with Crippen LogP contribution in [0.5, 0.6) is 5.75 Å². The van der Waals surface area contributed by atoms with Crippen molar-refractivity contribution in [3.05, 3.63) is 17.5 Å². The Morgan fingerprint density at radius 3 is 2.50 bits per heavy atom. The monoisotopic (exact) mass is 287 g/mol. The molecule has 1 N–H and O–H groups in total. The molecule has 1 heterocycles. The van der Waals surface area contributed by atoms with E-state index in [-0.39, 0.29) is 5.75 Å². The van der Waals surface area contributed by atoms with Gasteiger partial charge in [0.2, 0.25) is 0 Å². The number of nitrogens with one attached hydrogen (secondary N) is 1. The number of hydrogen-bond donors (Lipinski definition) is 1. The second-order valence-electron chi connectivity index (χ2n) is 4.35. The molecule has 20 heavy (non-hydrogen) atoms. The average molecular weight is 287 g/mol. The van der Waals surface area contributed by atoms with Crippen molar-refractivity contribution in [1.29, 1.82) is 0 Å². The van der Waals surface area contributed by atoms with Crippen LogP contribution in [-0.4, -0.2) is 23.7 Å². The molecule has 1 aromatic heterocycles. The van der Waals surface area contributed by atoms with Crippen LogP contribution in [0.2, 0.25) is 0 Å². The number of halogens is 3. The summed E-state index contributed by atoms with van der Waals surface area (Å²) in [5.41, 5.74) is 0.413. The first-order valence-electron chi connectivity index (χ1n) is 6.17. The third-order valence-corrected chi connectivity index (χ3v) is 3.25. The van der Waals surface area contributed by atoms with Gasteiger partial charge in [-0.1, -0.05) is 0 Å². The summed E-state index contributed by atoms with van der Waals surface area (Å²) in [4.78, 5) is 4.21. The van der Waals surface area contributed by atoms with Gasteiger partial charge in [0.25, 0.3) is 0 Å².